The van der Waals surface area contributed by atoms with E-state index in [-0.39, 0.29) is 0 Å². The van der Waals surface area contributed by atoms with E-state index in [4.69, 9.17) is 0 Å². The van der Waals surface area contributed by atoms with Gasteiger partial charge in [-0.25, -0.2) is 0 Å². The van der Waals surface area contributed by atoms with Crippen molar-refractivity contribution in [3.8, 4) is 0 Å². The molecule has 0 spiro atoms. The molecule has 20 heavy (non-hydrogen) atoms. The van der Waals surface area contributed by atoms with Crippen molar-refractivity contribution in [1.29, 1.82) is 0 Å². The second kappa shape index (κ2) is 5.70. The number of anilines is 1. The van der Waals surface area contributed by atoms with Crippen molar-refractivity contribution in [2.24, 2.45) is 0 Å². The quantitative estimate of drug-likeness (QED) is 0.842. The van der Waals surface area contributed by atoms with Crippen LogP contribution in [0, 0.1) is 0 Å². The first kappa shape index (κ1) is 13.2. The van der Waals surface area contributed by atoms with Crippen molar-refractivity contribution in [3.05, 3.63) is 65.2 Å². The van der Waals surface area contributed by atoms with Crippen LogP contribution in [-0.2, 0) is 12.8 Å². The number of rotatable bonds is 3. The molecule has 0 aliphatic carbocycles. The normalized spacial score (nSPS) is 17.6. The standard InChI is InChI=1S/C19H23N/c1-14(2)16-9-7-15(8-10-16)13-18-12-11-17-5-3-4-6-19(17)20-18/h3-10,14,18,20H,11-13H2,1-2H3. The third-order valence-corrected chi connectivity index (χ3v) is 4.27. The summed E-state index contributed by atoms with van der Waals surface area (Å²) < 4.78 is 0. The molecule has 0 saturated heterocycles. The molecule has 0 amide bonds. The fraction of sp³-hybridized carbons (Fsp3) is 0.368. The van der Waals surface area contributed by atoms with Crippen molar-refractivity contribution >= 4 is 5.69 Å². The molecule has 1 aliphatic heterocycles. The van der Waals surface area contributed by atoms with Gasteiger partial charge in [-0.05, 0) is 47.9 Å². The first-order valence-corrected chi connectivity index (χ1v) is 7.65. The summed E-state index contributed by atoms with van der Waals surface area (Å²) in [4.78, 5) is 0. The predicted octanol–water partition coefficient (Wildman–Crippen LogP) is 4.78. The maximum atomic E-state index is 3.68. The first-order valence-electron chi connectivity index (χ1n) is 7.65. The van der Waals surface area contributed by atoms with E-state index in [0.717, 1.165) is 6.42 Å². The Morgan fingerprint density at radius 1 is 1.05 bits per heavy atom. The molecule has 1 heteroatoms. The number of benzene rings is 2. The molecule has 2 aromatic rings. The van der Waals surface area contributed by atoms with Crippen LogP contribution in [0.15, 0.2) is 48.5 Å². The van der Waals surface area contributed by atoms with Gasteiger partial charge in [-0.3, -0.25) is 0 Å². The van der Waals surface area contributed by atoms with Crippen molar-refractivity contribution in [1.82, 2.24) is 0 Å². The lowest BCUT2D eigenvalue weighted by atomic mass is 9.93. The first-order chi connectivity index (χ1) is 9.72. The van der Waals surface area contributed by atoms with Crippen LogP contribution in [0.3, 0.4) is 0 Å². The SMILES string of the molecule is CC(C)c1ccc(CC2CCc3ccccc3N2)cc1. The summed E-state index contributed by atoms with van der Waals surface area (Å²) in [6, 6.07) is 18.4. The largest absolute Gasteiger partial charge is 0.382 e. The van der Waals surface area contributed by atoms with E-state index < -0.39 is 0 Å². The van der Waals surface area contributed by atoms with Gasteiger partial charge in [0.2, 0.25) is 0 Å². The number of fused-ring (bicyclic) bond motifs is 1. The summed E-state index contributed by atoms with van der Waals surface area (Å²) in [5.41, 5.74) is 5.64. The molecule has 1 aliphatic rings. The average molecular weight is 265 g/mol. The zero-order valence-corrected chi connectivity index (χ0v) is 12.4. The average Bonchev–Trinajstić information content (AvgIpc) is 2.48. The smallest absolute Gasteiger partial charge is 0.0374 e. The van der Waals surface area contributed by atoms with Gasteiger partial charge in [0.05, 0.1) is 0 Å². The molecule has 0 saturated carbocycles. The van der Waals surface area contributed by atoms with Crippen LogP contribution in [0.25, 0.3) is 0 Å². The summed E-state index contributed by atoms with van der Waals surface area (Å²) in [6.45, 7) is 4.49. The lowest BCUT2D eigenvalue weighted by molar-refractivity contribution is 0.628. The molecule has 2 aromatic carbocycles. The Morgan fingerprint density at radius 3 is 2.55 bits per heavy atom. The molecular weight excluding hydrogens is 242 g/mol. The molecule has 0 aromatic heterocycles. The summed E-state index contributed by atoms with van der Waals surface area (Å²) in [5.74, 6) is 0.615. The van der Waals surface area contributed by atoms with Crippen molar-refractivity contribution in [3.63, 3.8) is 0 Å². The lowest BCUT2D eigenvalue weighted by Crippen LogP contribution is -2.27. The second-order valence-electron chi connectivity index (χ2n) is 6.14. The molecule has 1 unspecified atom stereocenters. The van der Waals surface area contributed by atoms with Crippen LogP contribution < -0.4 is 5.32 Å². The van der Waals surface area contributed by atoms with E-state index in [1.807, 2.05) is 0 Å². The summed E-state index contributed by atoms with van der Waals surface area (Å²) in [7, 11) is 0. The minimum Gasteiger partial charge on any atom is -0.382 e. The second-order valence-corrected chi connectivity index (χ2v) is 6.14. The van der Waals surface area contributed by atoms with E-state index in [1.54, 1.807) is 0 Å². The number of para-hydroxylation sites is 1. The fourth-order valence-electron chi connectivity index (χ4n) is 2.98. The zero-order chi connectivity index (χ0) is 13.9. The van der Waals surface area contributed by atoms with E-state index in [9.17, 15) is 0 Å². The van der Waals surface area contributed by atoms with Gasteiger partial charge in [-0.15, -0.1) is 0 Å². The van der Waals surface area contributed by atoms with Gasteiger partial charge >= 0.3 is 0 Å². The molecule has 1 atom stereocenters. The Kier molecular flexibility index (Phi) is 3.77. The van der Waals surface area contributed by atoms with Crippen LogP contribution in [0.4, 0.5) is 5.69 Å². The molecule has 1 N–H and O–H groups in total. The Morgan fingerprint density at radius 2 is 1.80 bits per heavy atom. The third kappa shape index (κ3) is 2.87. The minimum atomic E-state index is 0.565. The summed E-state index contributed by atoms with van der Waals surface area (Å²) >= 11 is 0. The van der Waals surface area contributed by atoms with Gasteiger partial charge < -0.3 is 5.32 Å². The maximum Gasteiger partial charge on any atom is 0.0374 e. The van der Waals surface area contributed by atoms with Crippen molar-refractivity contribution < 1.29 is 0 Å². The van der Waals surface area contributed by atoms with Gasteiger partial charge in [0.25, 0.3) is 0 Å². The molecule has 0 bridgehead atoms. The van der Waals surface area contributed by atoms with Gasteiger partial charge in [0.15, 0.2) is 0 Å². The summed E-state index contributed by atoms with van der Waals surface area (Å²) in [5, 5.41) is 3.68. The van der Waals surface area contributed by atoms with Crippen LogP contribution >= 0.6 is 0 Å². The van der Waals surface area contributed by atoms with Crippen LogP contribution in [0.2, 0.25) is 0 Å². The highest BCUT2D eigenvalue weighted by atomic mass is 14.9. The molecule has 0 fully saturated rings. The monoisotopic (exact) mass is 265 g/mol. The molecule has 3 rings (SSSR count). The van der Waals surface area contributed by atoms with Gasteiger partial charge in [-0.2, -0.15) is 0 Å². The highest BCUT2D eigenvalue weighted by Crippen LogP contribution is 2.26. The van der Waals surface area contributed by atoms with Crippen molar-refractivity contribution in [2.45, 2.75) is 45.1 Å². The topological polar surface area (TPSA) is 12.0 Å². The predicted molar refractivity (Wildman–Crippen MR) is 86.4 cm³/mol. The Bertz CT molecular complexity index is 569. The zero-order valence-electron chi connectivity index (χ0n) is 12.4. The lowest BCUT2D eigenvalue weighted by Gasteiger charge is -2.27. The number of hydrogen-bond donors (Lipinski definition) is 1. The highest BCUT2D eigenvalue weighted by Gasteiger charge is 2.17. The highest BCUT2D eigenvalue weighted by molar-refractivity contribution is 5.54. The van der Waals surface area contributed by atoms with E-state index in [2.05, 4.69) is 67.7 Å². The van der Waals surface area contributed by atoms with Gasteiger partial charge in [0.1, 0.15) is 0 Å². The van der Waals surface area contributed by atoms with E-state index in [1.165, 1.54) is 35.2 Å². The fourth-order valence-corrected chi connectivity index (χ4v) is 2.98. The molecule has 104 valence electrons. The maximum absolute atomic E-state index is 3.68. The summed E-state index contributed by atoms with van der Waals surface area (Å²) in [6.07, 6.45) is 3.54. The van der Waals surface area contributed by atoms with Crippen LogP contribution in [0.1, 0.15) is 42.9 Å². The third-order valence-electron chi connectivity index (χ3n) is 4.27. The Balaban J connectivity index is 1.67. The Labute approximate surface area is 122 Å². The van der Waals surface area contributed by atoms with E-state index >= 15 is 0 Å². The molecule has 0 radical (unpaired) electrons. The number of aryl methyl sites for hydroxylation is 1. The van der Waals surface area contributed by atoms with Gasteiger partial charge in [0, 0.05) is 11.7 Å². The minimum absolute atomic E-state index is 0.565. The molecule has 1 heterocycles. The number of nitrogens with one attached hydrogen (secondary N) is 1. The van der Waals surface area contributed by atoms with Crippen LogP contribution in [0.5, 0.6) is 0 Å². The van der Waals surface area contributed by atoms with E-state index in [0.29, 0.717) is 12.0 Å². The molecular formula is C19H23N. The van der Waals surface area contributed by atoms with Crippen molar-refractivity contribution in [2.75, 3.05) is 5.32 Å². The van der Waals surface area contributed by atoms with Crippen LogP contribution in [-0.4, -0.2) is 6.04 Å². The van der Waals surface area contributed by atoms with Gasteiger partial charge in [-0.1, -0.05) is 56.3 Å². The number of hydrogen-bond acceptors (Lipinski definition) is 1. The Hall–Kier alpha value is -1.76. The molecule has 1 nitrogen and oxygen atoms in total.